The predicted octanol–water partition coefficient (Wildman–Crippen LogP) is 4.00. The molecule has 1 fully saturated rings. The minimum Gasteiger partial charge on any atom is -0.493 e. The van der Waals surface area contributed by atoms with Crippen LogP contribution >= 0.6 is 0 Å². The van der Waals surface area contributed by atoms with Crippen LogP contribution in [0.2, 0.25) is 0 Å². The predicted molar refractivity (Wildman–Crippen MR) is 85.3 cm³/mol. The number of anilines is 1. The molecule has 21 heavy (non-hydrogen) atoms. The first-order valence-corrected chi connectivity index (χ1v) is 7.58. The van der Waals surface area contributed by atoms with Gasteiger partial charge in [0.05, 0.1) is 31.6 Å². The minimum atomic E-state index is 0.582. The van der Waals surface area contributed by atoms with Gasteiger partial charge in [-0.1, -0.05) is 19.3 Å². The Morgan fingerprint density at radius 2 is 1.71 bits per heavy atom. The number of nitrogens with zero attached hydrogens (tertiary/aromatic N) is 1. The van der Waals surface area contributed by atoms with Crippen molar-refractivity contribution in [2.75, 3.05) is 19.5 Å². The van der Waals surface area contributed by atoms with Crippen molar-refractivity contribution >= 4 is 16.6 Å². The molecule has 1 aliphatic rings. The quantitative estimate of drug-likeness (QED) is 0.922. The van der Waals surface area contributed by atoms with Crippen molar-refractivity contribution in [1.29, 1.82) is 0 Å². The van der Waals surface area contributed by atoms with E-state index in [1.54, 1.807) is 14.2 Å². The first-order valence-electron chi connectivity index (χ1n) is 7.58. The van der Waals surface area contributed by atoms with Crippen molar-refractivity contribution in [3.8, 4) is 11.5 Å². The second-order valence-electron chi connectivity index (χ2n) is 5.60. The lowest BCUT2D eigenvalue weighted by atomic mass is 9.95. The monoisotopic (exact) mass is 286 g/mol. The van der Waals surface area contributed by atoms with Gasteiger partial charge in [-0.05, 0) is 25.0 Å². The second kappa shape index (κ2) is 6.20. The number of pyridine rings is 1. The average Bonchev–Trinajstić information content (AvgIpc) is 2.54. The summed E-state index contributed by atoms with van der Waals surface area (Å²) in [6.45, 7) is 0. The topological polar surface area (TPSA) is 43.4 Å². The molecular formula is C17H22N2O2. The van der Waals surface area contributed by atoms with Crippen LogP contribution in [0.4, 0.5) is 5.69 Å². The van der Waals surface area contributed by atoms with Crippen LogP contribution in [0, 0.1) is 0 Å². The maximum Gasteiger partial charge on any atom is 0.162 e. The Morgan fingerprint density at radius 3 is 2.43 bits per heavy atom. The molecule has 0 saturated heterocycles. The van der Waals surface area contributed by atoms with Gasteiger partial charge in [0.1, 0.15) is 0 Å². The molecule has 1 aliphatic carbocycles. The molecule has 0 aliphatic heterocycles. The third kappa shape index (κ3) is 3.04. The first-order chi connectivity index (χ1) is 10.3. The number of hydrogen-bond acceptors (Lipinski definition) is 4. The van der Waals surface area contributed by atoms with E-state index in [0.29, 0.717) is 11.8 Å². The molecule has 0 atom stereocenters. The van der Waals surface area contributed by atoms with E-state index in [9.17, 15) is 0 Å². The van der Waals surface area contributed by atoms with Gasteiger partial charge < -0.3 is 14.8 Å². The van der Waals surface area contributed by atoms with Crippen molar-refractivity contribution in [3.05, 3.63) is 24.4 Å². The summed E-state index contributed by atoms with van der Waals surface area (Å²) < 4.78 is 10.7. The fourth-order valence-electron chi connectivity index (χ4n) is 3.02. The maximum atomic E-state index is 5.36. The SMILES string of the molecule is COc1cc2cc(NC3CCCCC3)cnc2cc1OC. The van der Waals surface area contributed by atoms with Gasteiger partial charge in [-0.15, -0.1) is 0 Å². The van der Waals surface area contributed by atoms with Crippen LogP contribution in [0.25, 0.3) is 10.9 Å². The number of ether oxygens (including phenoxy) is 2. The van der Waals surface area contributed by atoms with Gasteiger partial charge in [-0.3, -0.25) is 4.98 Å². The van der Waals surface area contributed by atoms with Gasteiger partial charge >= 0.3 is 0 Å². The zero-order valence-corrected chi connectivity index (χ0v) is 12.7. The van der Waals surface area contributed by atoms with E-state index in [1.807, 2.05) is 18.3 Å². The molecule has 0 bridgehead atoms. The highest BCUT2D eigenvalue weighted by Gasteiger charge is 2.13. The molecule has 2 aromatic rings. The summed E-state index contributed by atoms with van der Waals surface area (Å²) in [6, 6.07) is 6.61. The minimum absolute atomic E-state index is 0.582. The summed E-state index contributed by atoms with van der Waals surface area (Å²) in [5, 5.41) is 4.67. The number of rotatable bonds is 4. The zero-order valence-electron chi connectivity index (χ0n) is 12.7. The van der Waals surface area contributed by atoms with Gasteiger partial charge in [0, 0.05) is 17.5 Å². The Labute approximate surface area is 125 Å². The Balaban J connectivity index is 1.88. The van der Waals surface area contributed by atoms with Crippen LogP contribution in [0.5, 0.6) is 11.5 Å². The van der Waals surface area contributed by atoms with E-state index < -0.39 is 0 Å². The summed E-state index contributed by atoms with van der Waals surface area (Å²) in [6.07, 6.45) is 8.43. The van der Waals surface area contributed by atoms with Crippen molar-refractivity contribution in [3.63, 3.8) is 0 Å². The summed E-state index contributed by atoms with van der Waals surface area (Å²) in [5.41, 5.74) is 2.00. The van der Waals surface area contributed by atoms with Crippen LogP contribution in [0.3, 0.4) is 0 Å². The number of hydrogen-bond donors (Lipinski definition) is 1. The van der Waals surface area contributed by atoms with Gasteiger partial charge in [-0.2, -0.15) is 0 Å². The van der Waals surface area contributed by atoms with Gasteiger partial charge in [0.15, 0.2) is 11.5 Å². The lowest BCUT2D eigenvalue weighted by Gasteiger charge is -2.23. The zero-order chi connectivity index (χ0) is 14.7. The molecule has 3 rings (SSSR count). The van der Waals surface area contributed by atoms with E-state index >= 15 is 0 Å². The number of aromatic nitrogens is 1. The Kier molecular flexibility index (Phi) is 4.13. The fourth-order valence-corrected chi connectivity index (χ4v) is 3.02. The fraction of sp³-hybridized carbons (Fsp3) is 0.471. The third-order valence-corrected chi connectivity index (χ3v) is 4.16. The van der Waals surface area contributed by atoms with E-state index in [0.717, 1.165) is 22.3 Å². The van der Waals surface area contributed by atoms with Crippen LogP contribution < -0.4 is 14.8 Å². The highest BCUT2D eigenvalue weighted by atomic mass is 16.5. The van der Waals surface area contributed by atoms with E-state index in [1.165, 1.54) is 32.1 Å². The standard InChI is InChI=1S/C17H22N2O2/c1-20-16-9-12-8-14(19-13-6-4-3-5-7-13)11-18-15(12)10-17(16)21-2/h8-11,13,19H,3-7H2,1-2H3. The number of methoxy groups -OCH3 is 2. The van der Waals surface area contributed by atoms with Crippen LogP contribution in [-0.2, 0) is 0 Å². The van der Waals surface area contributed by atoms with E-state index in [2.05, 4.69) is 16.4 Å². The summed E-state index contributed by atoms with van der Waals surface area (Å²) >= 11 is 0. The molecule has 0 unspecified atom stereocenters. The molecule has 0 radical (unpaired) electrons. The van der Waals surface area contributed by atoms with Gasteiger partial charge in [-0.25, -0.2) is 0 Å². The largest absolute Gasteiger partial charge is 0.493 e. The van der Waals surface area contributed by atoms with E-state index in [-0.39, 0.29) is 0 Å². The van der Waals surface area contributed by atoms with Gasteiger partial charge in [0.25, 0.3) is 0 Å². The molecule has 112 valence electrons. The highest BCUT2D eigenvalue weighted by Crippen LogP contribution is 2.32. The molecule has 1 saturated carbocycles. The molecule has 1 N–H and O–H groups in total. The summed E-state index contributed by atoms with van der Waals surface area (Å²) in [7, 11) is 3.30. The molecular weight excluding hydrogens is 264 g/mol. The number of nitrogens with one attached hydrogen (secondary N) is 1. The van der Waals surface area contributed by atoms with Crippen molar-refractivity contribution in [2.24, 2.45) is 0 Å². The van der Waals surface area contributed by atoms with Crippen molar-refractivity contribution in [1.82, 2.24) is 4.98 Å². The molecule has 4 heteroatoms. The lowest BCUT2D eigenvalue weighted by Crippen LogP contribution is -2.22. The maximum absolute atomic E-state index is 5.36. The Morgan fingerprint density at radius 1 is 1.00 bits per heavy atom. The average molecular weight is 286 g/mol. The second-order valence-corrected chi connectivity index (χ2v) is 5.60. The van der Waals surface area contributed by atoms with Crippen molar-refractivity contribution in [2.45, 2.75) is 38.1 Å². The molecule has 0 spiro atoms. The first kappa shape index (κ1) is 14.0. The lowest BCUT2D eigenvalue weighted by molar-refractivity contribution is 0.356. The van der Waals surface area contributed by atoms with Crippen LogP contribution in [0.1, 0.15) is 32.1 Å². The number of fused-ring (bicyclic) bond motifs is 1. The van der Waals surface area contributed by atoms with Crippen LogP contribution in [0.15, 0.2) is 24.4 Å². The highest BCUT2D eigenvalue weighted by molar-refractivity contribution is 5.85. The number of benzene rings is 1. The molecule has 0 amide bonds. The molecule has 1 aromatic carbocycles. The third-order valence-electron chi connectivity index (χ3n) is 4.16. The summed E-state index contributed by atoms with van der Waals surface area (Å²) in [4.78, 5) is 4.53. The smallest absolute Gasteiger partial charge is 0.162 e. The van der Waals surface area contributed by atoms with E-state index in [4.69, 9.17) is 9.47 Å². The van der Waals surface area contributed by atoms with Crippen LogP contribution in [-0.4, -0.2) is 25.2 Å². The molecule has 1 heterocycles. The normalized spacial score (nSPS) is 15.9. The molecule has 1 aromatic heterocycles. The molecule has 4 nitrogen and oxygen atoms in total. The summed E-state index contributed by atoms with van der Waals surface area (Å²) in [5.74, 6) is 1.45. The Bertz CT molecular complexity index is 621. The van der Waals surface area contributed by atoms with Crippen molar-refractivity contribution < 1.29 is 9.47 Å². The van der Waals surface area contributed by atoms with Gasteiger partial charge in [0.2, 0.25) is 0 Å². The Hall–Kier alpha value is -1.97.